The van der Waals surface area contributed by atoms with Gasteiger partial charge in [0.05, 0.1) is 17.3 Å². The monoisotopic (exact) mass is 489 g/mol. The molecule has 6 heteroatoms. The first kappa shape index (κ1) is 19.8. The Morgan fingerprint density at radius 3 is 2.03 bits per heavy atom. The molecule has 2 aromatic heterocycles. The number of ether oxygens (including phenoxy) is 1. The van der Waals surface area contributed by atoms with E-state index in [1.807, 2.05) is 77.3 Å². The number of rotatable bonds is 4. The molecule has 0 saturated carbocycles. The summed E-state index contributed by atoms with van der Waals surface area (Å²) >= 11 is 10.5. The Balaban J connectivity index is 1.81. The van der Waals surface area contributed by atoms with Crippen LogP contribution in [-0.2, 0) is 0 Å². The van der Waals surface area contributed by atoms with Crippen molar-refractivity contribution in [1.29, 1.82) is 0 Å². The third kappa shape index (κ3) is 3.50. The lowest BCUT2D eigenvalue weighted by molar-refractivity contribution is 0.415. The molecular formula is C25H17BrClN3O. The molecule has 0 aliphatic heterocycles. The van der Waals surface area contributed by atoms with Gasteiger partial charge in [-0.15, -0.1) is 0 Å². The third-order valence-electron chi connectivity index (χ3n) is 5.14. The Hall–Kier alpha value is -3.15. The number of nitrogens with zero attached hydrogens (tertiary/aromatic N) is 3. The van der Waals surface area contributed by atoms with Crippen molar-refractivity contribution in [2.24, 2.45) is 0 Å². The van der Waals surface area contributed by atoms with E-state index >= 15 is 0 Å². The summed E-state index contributed by atoms with van der Waals surface area (Å²) < 4.78 is 7.88. The molecular weight excluding hydrogens is 474 g/mol. The zero-order valence-corrected chi connectivity index (χ0v) is 18.9. The zero-order valence-electron chi connectivity index (χ0n) is 16.6. The Bertz CT molecular complexity index is 1370. The number of hydrogen-bond donors (Lipinski definition) is 0. The van der Waals surface area contributed by atoms with E-state index in [1.165, 1.54) is 0 Å². The van der Waals surface area contributed by atoms with Gasteiger partial charge in [0.15, 0.2) is 10.8 Å². The minimum atomic E-state index is 0.388. The van der Waals surface area contributed by atoms with Crippen molar-refractivity contribution in [1.82, 2.24) is 14.6 Å². The second kappa shape index (κ2) is 8.17. The Morgan fingerprint density at radius 1 is 0.806 bits per heavy atom. The summed E-state index contributed by atoms with van der Waals surface area (Å²) in [6, 6.07) is 27.9. The van der Waals surface area contributed by atoms with Crippen LogP contribution in [0.2, 0.25) is 5.15 Å². The first-order chi connectivity index (χ1) is 15.2. The van der Waals surface area contributed by atoms with Crippen LogP contribution in [0.5, 0.6) is 5.75 Å². The van der Waals surface area contributed by atoms with Gasteiger partial charge in [0.2, 0.25) is 0 Å². The highest BCUT2D eigenvalue weighted by Crippen LogP contribution is 2.40. The number of imidazole rings is 1. The normalized spacial score (nSPS) is 11.1. The molecule has 3 aromatic carbocycles. The van der Waals surface area contributed by atoms with Crippen LogP contribution in [0.1, 0.15) is 0 Å². The maximum absolute atomic E-state index is 6.71. The van der Waals surface area contributed by atoms with E-state index in [4.69, 9.17) is 26.4 Å². The van der Waals surface area contributed by atoms with E-state index in [2.05, 4.69) is 28.1 Å². The van der Waals surface area contributed by atoms with Crippen LogP contribution in [-0.4, -0.2) is 21.7 Å². The van der Waals surface area contributed by atoms with Gasteiger partial charge in [0, 0.05) is 16.7 Å². The topological polar surface area (TPSA) is 39.4 Å². The first-order valence-corrected chi connectivity index (χ1v) is 10.9. The molecule has 0 aliphatic carbocycles. The molecule has 0 saturated heterocycles. The molecule has 2 heterocycles. The second-order valence-electron chi connectivity index (χ2n) is 6.98. The maximum atomic E-state index is 6.71. The Kier molecular flexibility index (Phi) is 5.22. The quantitative estimate of drug-likeness (QED) is 0.268. The fourth-order valence-electron chi connectivity index (χ4n) is 3.65. The summed E-state index contributed by atoms with van der Waals surface area (Å²) in [6.07, 6.45) is 0. The highest BCUT2D eigenvalue weighted by Gasteiger charge is 2.22. The third-order valence-corrected chi connectivity index (χ3v) is 6.15. The van der Waals surface area contributed by atoms with E-state index < -0.39 is 0 Å². The number of benzene rings is 3. The summed E-state index contributed by atoms with van der Waals surface area (Å²) in [4.78, 5) is 4.99. The number of hydrogen-bond acceptors (Lipinski definition) is 3. The van der Waals surface area contributed by atoms with Crippen molar-refractivity contribution < 1.29 is 4.74 Å². The molecule has 152 valence electrons. The van der Waals surface area contributed by atoms with Crippen LogP contribution in [0.3, 0.4) is 0 Å². The minimum Gasteiger partial charge on any atom is -0.497 e. The van der Waals surface area contributed by atoms with E-state index in [9.17, 15) is 0 Å². The van der Waals surface area contributed by atoms with E-state index in [-0.39, 0.29) is 0 Å². The number of methoxy groups -OCH3 is 1. The summed E-state index contributed by atoms with van der Waals surface area (Å²) in [5.74, 6) is 0.781. The highest BCUT2D eigenvalue weighted by atomic mass is 79.9. The van der Waals surface area contributed by atoms with Crippen molar-refractivity contribution in [3.8, 4) is 39.4 Å². The van der Waals surface area contributed by atoms with E-state index in [0.29, 0.717) is 10.8 Å². The SMILES string of the molecule is COc1ccc(-c2c(Cl)nn3c(-c4ccccc4)c(-c4ccccc4)nc3c2Br)cc1. The van der Waals surface area contributed by atoms with Gasteiger partial charge in [-0.05, 0) is 33.6 Å². The first-order valence-electron chi connectivity index (χ1n) is 9.70. The van der Waals surface area contributed by atoms with Gasteiger partial charge in [0.25, 0.3) is 0 Å². The Labute approximate surface area is 193 Å². The van der Waals surface area contributed by atoms with Crippen molar-refractivity contribution in [3.63, 3.8) is 0 Å². The van der Waals surface area contributed by atoms with Gasteiger partial charge in [-0.2, -0.15) is 5.10 Å². The lowest BCUT2D eigenvalue weighted by atomic mass is 10.1. The van der Waals surface area contributed by atoms with Crippen LogP contribution >= 0.6 is 27.5 Å². The minimum absolute atomic E-state index is 0.388. The zero-order chi connectivity index (χ0) is 21.4. The molecule has 0 spiro atoms. The summed E-state index contributed by atoms with van der Waals surface area (Å²) in [7, 11) is 1.65. The largest absolute Gasteiger partial charge is 0.497 e. The van der Waals surface area contributed by atoms with Crippen LogP contribution < -0.4 is 4.74 Å². The molecule has 5 rings (SSSR count). The Morgan fingerprint density at radius 2 is 1.42 bits per heavy atom. The van der Waals surface area contributed by atoms with Gasteiger partial charge in [-0.3, -0.25) is 0 Å². The molecule has 0 radical (unpaired) electrons. The van der Waals surface area contributed by atoms with Gasteiger partial charge >= 0.3 is 0 Å². The number of fused-ring (bicyclic) bond motifs is 1. The standard InChI is InChI=1S/C25H17BrClN3O/c1-31-19-14-12-16(13-15-19)20-21(26)25-28-22(17-8-4-2-5-9-17)23(30(25)29-24(20)27)18-10-6-3-7-11-18/h2-15H,1H3. The van der Waals surface area contributed by atoms with Crippen molar-refractivity contribution >= 4 is 33.2 Å². The van der Waals surface area contributed by atoms with E-state index in [0.717, 1.165) is 43.9 Å². The fraction of sp³-hybridized carbons (Fsp3) is 0.0400. The van der Waals surface area contributed by atoms with Gasteiger partial charge in [-0.1, -0.05) is 84.4 Å². The molecule has 0 atom stereocenters. The van der Waals surface area contributed by atoms with Crippen LogP contribution in [0, 0.1) is 0 Å². The highest BCUT2D eigenvalue weighted by molar-refractivity contribution is 9.10. The van der Waals surface area contributed by atoms with Crippen LogP contribution in [0.25, 0.3) is 39.3 Å². The van der Waals surface area contributed by atoms with Crippen molar-refractivity contribution in [2.45, 2.75) is 0 Å². The summed E-state index contributed by atoms with van der Waals surface area (Å²) in [5, 5.41) is 5.12. The second-order valence-corrected chi connectivity index (χ2v) is 8.14. The van der Waals surface area contributed by atoms with Crippen molar-refractivity contribution in [3.05, 3.63) is 94.6 Å². The average molecular weight is 491 g/mol. The molecule has 4 nitrogen and oxygen atoms in total. The lowest BCUT2D eigenvalue weighted by Crippen LogP contribution is -1.99. The smallest absolute Gasteiger partial charge is 0.169 e. The van der Waals surface area contributed by atoms with Crippen LogP contribution in [0.4, 0.5) is 0 Å². The summed E-state index contributed by atoms with van der Waals surface area (Å²) in [6.45, 7) is 0. The lowest BCUT2D eigenvalue weighted by Gasteiger charge is -2.10. The number of aromatic nitrogens is 3. The van der Waals surface area contributed by atoms with Crippen LogP contribution in [0.15, 0.2) is 89.4 Å². The van der Waals surface area contributed by atoms with E-state index in [1.54, 1.807) is 7.11 Å². The molecule has 0 bridgehead atoms. The fourth-order valence-corrected chi connectivity index (χ4v) is 4.71. The number of halogens is 2. The van der Waals surface area contributed by atoms with Gasteiger partial charge in [-0.25, -0.2) is 9.50 Å². The van der Waals surface area contributed by atoms with Gasteiger partial charge in [0.1, 0.15) is 11.4 Å². The molecule has 5 aromatic rings. The predicted octanol–water partition coefficient (Wildman–Crippen LogP) is 7.15. The molecule has 0 amide bonds. The molecule has 0 aliphatic rings. The molecule has 0 fully saturated rings. The summed E-state index contributed by atoms with van der Waals surface area (Å²) in [5.41, 5.74) is 6.20. The molecule has 0 N–H and O–H groups in total. The van der Waals surface area contributed by atoms with Crippen molar-refractivity contribution in [2.75, 3.05) is 7.11 Å². The molecule has 31 heavy (non-hydrogen) atoms. The molecule has 0 unspecified atom stereocenters. The maximum Gasteiger partial charge on any atom is 0.169 e. The predicted molar refractivity (Wildman–Crippen MR) is 129 cm³/mol. The van der Waals surface area contributed by atoms with Gasteiger partial charge < -0.3 is 4.74 Å². The average Bonchev–Trinajstić information content (AvgIpc) is 3.20.